The van der Waals surface area contributed by atoms with Crippen molar-refractivity contribution in [1.29, 1.82) is 0 Å². The number of amides is 2. The molecule has 1 aromatic carbocycles. The van der Waals surface area contributed by atoms with Gasteiger partial charge in [0, 0.05) is 39.4 Å². The maximum absolute atomic E-state index is 13.4. The van der Waals surface area contributed by atoms with Crippen molar-refractivity contribution in [2.24, 2.45) is 0 Å². The lowest BCUT2D eigenvalue weighted by Crippen LogP contribution is -2.51. The van der Waals surface area contributed by atoms with Gasteiger partial charge < -0.3 is 19.5 Å². The first-order valence-corrected chi connectivity index (χ1v) is 13.9. The number of nitrogens with one attached hydrogen (secondary N) is 1. The number of fused-ring (bicyclic) bond motifs is 1. The zero-order chi connectivity index (χ0) is 25.5. The standard InChI is InChI=1S/C26H31N3O6S/c1-18-2-4-19(5-3-18)16-27-23(30)21-6-7-22-25(32)28(12-13-29(22)24(21)31)17-26(10-11-26)36(33,34)20-8-14-35-15-9-20/h2-7,20H,8-17H2,1H3,(H,27,30). The Morgan fingerprint density at radius 2 is 1.75 bits per heavy atom. The van der Waals surface area contributed by atoms with E-state index in [1.807, 2.05) is 31.2 Å². The van der Waals surface area contributed by atoms with E-state index in [9.17, 15) is 22.8 Å². The van der Waals surface area contributed by atoms with E-state index in [1.54, 1.807) is 4.90 Å². The van der Waals surface area contributed by atoms with Gasteiger partial charge in [-0.25, -0.2) is 8.42 Å². The fourth-order valence-corrected chi connectivity index (χ4v) is 7.67. The molecule has 36 heavy (non-hydrogen) atoms. The van der Waals surface area contributed by atoms with Crippen molar-refractivity contribution in [3.8, 4) is 0 Å². The summed E-state index contributed by atoms with van der Waals surface area (Å²) in [6, 6.07) is 10.6. The van der Waals surface area contributed by atoms with Crippen LogP contribution in [0.5, 0.6) is 0 Å². The maximum atomic E-state index is 13.4. The summed E-state index contributed by atoms with van der Waals surface area (Å²) in [4.78, 5) is 40.5. The Morgan fingerprint density at radius 3 is 2.42 bits per heavy atom. The molecule has 0 spiro atoms. The normalized spacial score (nSPS) is 19.6. The average molecular weight is 514 g/mol. The van der Waals surface area contributed by atoms with Crippen LogP contribution >= 0.6 is 0 Å². The van der Waals surface area contributed by atoms with Crippen molar-refractivity contribution < 1.29 is 22.7 Å². The molecule has 0 radical (unpaired) electrons. The molecule has 1 saturated carbocycles. The molecule has 192 valence electrons. The van der Waals surface area contributed by atoms with Crippen molar-refractivity contribution in [1.82, 2.24) is 14.8 Å². The Balaban J connectivity index is 1.29. The summed E-state index contributed by atoms with van der Waals surface area (Å²) in [5.41, 5.74) is 1.68. The summed E-state index contributed by atoms with van der Waals surface area (Å²) in [6.07, 6.45) is 2.07. The van der Waals surface area contributed by atoms with Gasteiger partial charge in [-0.3, -0.25) is 14.4 Å². The Labute approximate surface area is 210 Å². The molecule has 1 saturated heterocycles. The first kappa shape index (κ1) is 24.7. The number of hydrogen-bond donors (Lipinski definition) is 1. The van der Waals surface area contributed by atoms with Gasteiger partial charge in [0.15, 0.2) is 9.84 Å². The molecule has 2 aromatic rings. The monoisotopic (exact) mass is 513 g/mol. The number of aromatic nitrogens is 1. The van der Waals surface area contributed by atoms with Crippen molar-refractivity contribution in [2.45, 2.75) is 55.7 Å². The number of pyridine rings is 1. The van der Waals surface area contributed by atoms with Crippen molar-refractivity contribution in [2.75, 3.05) is 26.3 Å². The van der Waals surface area contributed by atoms with Gasteiger partial charge in [-0.15, -0.1) is 0 Å². The maximum Gasteiger partial charge on any atom is 0.270 e. The predicted octanol–water partition coefficient (Wildman–Crippen LogP) is 1.67. The van der Waals surface area contributed by atoms with E-state index in [2.05, 4.69) is 5.32 Å². The number of rotatable bonds is 7. The van der Waals surface area contributed by atoms with Crippen LogP contribution in [0.15, 0.2) is 41.2 Å². The summed E-state index contributed by atoms with van der Waals surface area (Å²) < 4.78 is 32.5. The fraction of sp³-hybridized carbons (Fsp3) is 0.500. The quantitative estimate of drug-likeness (QED) is 0.602. The van der Waals surface area contributed by atoms with E-state index in [0.29, 0.717) is 38.9 Å². The van der Waals surface area contributed by atoms with Gasteiger partial charge in [0.25, 0.3) is 17.4 Å². The highest BCUT2D eigenvalue weighted by atomic mass is 32.2. The zero-order valence-corrected chi connectivity index (χ0v) is 21.2. The van der Waals surface area contributed by atoms with E-state index in [4.69, 9.17) is 4.74 Å². The molecule has 1 aromatic heterocycles. The Morgan fingerprint density at radius 1 is 1.06 bits per heavy atom. The van der Waals surface area contributed by atoms with E-state index in [0.717, 1.165) is 11.1 Å². The van der Waals surface area contributed by atoms with Crippen LogP contribution in [0.1, 0.15) is 57.7 Å². The Hall–Kier alpha value is -2.98. The second-order valence-corrected chi connectivity index (χ2v) is 12.6. The third-order valence-electron chi connectivity index (χ3n) is 7.59. The van der Waals surface area contributed by atoms with Crippen LogP contribution < -0.4 is 10.9 Å². The number of ether oxygens (including phenoxy) is 1. The second-order valence-electron chi connectivity index (χ2n) is 10.0. The summed E-state index contributed by atoms with van der Waals surface area (Å²) >= 11 is 0. The Bertz CT molecular complexity index is 1340. The van der Waals surface area contributed by atoms with Crippen molar-refractivity contribution in [3.05, 3.63) is 69.1 Å². The summed E-state index contributed by atoms with van der Waals surface area (Å²) in [6.45, 7) is 3.74. The highest BCUT2D eigenvalue weighted by Gasteiger charge is 2.58. The average Bonchev–Trinajstić information content (AvgIpc) is 3.67. The van der Waals surface area contributed by atoms with Crippen molar-refractivity contribution >= 4 is 21.7 Å². The summed E-state index contributed by atoms with van der Waals surface area (Å²) in [5, 5.41) is 2.34. The topological polar surface area (TPSA) is 115 Å². The van der Waals surface area contributed by atoms with Gasteiger partial charge in [0.1, 0.15) is 11.3 Å². The minimum Gasteiger partial charge on any atom is -0.381 e. The molecule has 0 atom stereocenters. The fourth-order valence-electron chi connectivity index (χ4n) is 5.14. The van der Waals surface area contributed by atoms with Gasteiger partial charge in [0.2, 0.25) is 0 Å². The van der Waals surface area contributed by atoms with E-state index in [-0.39, 0.29) is 43.3 Å². The number of nitrogens with zero attached hydrogens (tertiary/aromatic N) is 2. The van der Waals surface area contributed by atoms with Crippen LogP contribution in [0.2, 0.25) is 0 Å². The lowest BCUT2D eigenvalue weighted by Gasteiger charge is -2.34. The molecule has 2 aliphatic heterocycles. The molecule has 1 aliphatic carbocycles. The van der Waals surface area contributed by atoms with Crippen LogP contribution in [0.3, 0.4) is 0 Å². The Kier molecular flexibility index (Phi) is 6.50. The number of carbonyl (C=O) groups excluding carboxylic acids is 2. The lowest BCUT2D eigenvalue weighted by atomic mass is 10.1. The third-order valence-corrected chi connectivity index (χ3v) is 10.7. The highest BCUT2D eigenvalue weighted by Crippen LogP contribution is 2.47. The lowest BCUT2D eigenvalue weighted by molar-refractivity contribution is 0.0693. The number of aryl methyl sites for hydroxylation is 1. The molecule has 9 nitrogen and oxygen atoms in total. The third kappa shape index (κ3) is 4.48. The van der Waals surface area contributed by atoms with E-state index >= 15 is 0 Å². The van der Waals surface area contributed by atoms with E-state index < -0.39 is 31.3 Å². The first-order valence-electron chi connectivity index (χ1n) is 12.4. The predicted molar refractivity (Wildman–Crippen MR) is 134 cm³/mol. The number of benzene rings is 1. The first-order chi connectivity index (χ1) is 17.2. The number of carbonyl (C=O) groups is 2. The summed E-state index contributed by atoms with van der Waals surface area (Å²) in [7, 11) is -3.40. The molecular formula is C26H31N3O6S. The van der Waals surface area contributed by atoms with E-state index in [1.165, 1.54) is 16.7 Å². The zero-order valence-electron chi connectivity index (χ0n) is 20.4. The molecule has 5 rings (SSSR count). The van der Waals surface area contributed by atoms with Gasteiger partial charge in [0.05, 0.1) is 10.00 Å². The molecular weight excluding hydrogens is 482 g/mol. The van der Waals surface area contributed by atoms with Crippen LogP contribution in [-0.2, 0) is 27.7 Å². The molecule has 1 N–H and O–H groups in total. The van der Waals surface area contributed by atoms with Crippen molar-refractivity contribution in [3.63, 3.8) is 0 Å². The minimum atomic E-state index is -3.40. The van der Waals surface area contributed by atoms with Crippen LogP contribution in [-0.4, -0.2) is 66.0 Å². The van der Waals surface area contributed by atoms with Crippen LogP contribution in [0.4, 0.5) is 0 Å². The SMILES string of the molecule is Cc1ccc(CNC(=O)c2ccc3n(c2=O)CCN(CC2(S(=O)(=O)C4CCOCC4)CC2)C3=O)cc1. The molecule has 3 aliphatic rings. The van der Waals surface area contributed by atoms with Gasteiger partial charge in [-0.05, 0) is 50.3 Å². The molecule has 2 fully saturated rings. The molecule has 2 amide bonds. The molecule has 3 heterocycles. The van der Waals surface area contributed by atoms with Crippen LogP contribution in [0, 0.1) is 6.92 Å². The summed E-state index contributed by atoms with van der Waals surface area (Å²) in [5.74, 6) is -0.872. The van der Waals surface area contributed by atoms with Gasteiger partial charge in [-0.1, -0.05) is 29.8 Å². The second kappa shape index (κ2) is 9.48. The smallest absolute Gasteiger partial charge is 0.270 e. The largest absolute Gasteiger partial charge is 0.381 e. The van der Waals surface area contributed by atoms with Gasteiger partial charge >= 0.3 is 0 Å². The molecule has 10 heteroatoms. The van der Waals surface area contributed by atoms with Gasteiger partial charge in [-0.2, -0.15) is 0 Å². The molecule has 0 bridgehead atoms. The minimum absolute atomic E-state index is 0.0205. The molecule has 0 unspecified atom stereocenters. The number of sulfone groups is 1. The number of hydrogen-bond acceptors (Lipinski definition) is 6. The van der Waals surface area contributed by atoms with Crippen LogP contribution in [0.25, 0.3) is 0 Å². The highest BCUT2D eigenvalue weighted by molar-refractivity contribution is 7.93.